The Hall–Kier alpha value is -0.770. The second-order valence-electron chi connectivity index (χ2n) is 3.42. The summed E-state index contributed by atoms with van der Waals surface area (Å²) in [5.74, 6) is -1.44. The highest BCUT2D eigenvalue weighted by Gasteiger charge is 2.42. The van der Waals surface area contributed by atoms with Crippen LogP contribution in [-0.2, 0) is 14.3 Å². The van der Waals surface area contributed by atoms with Crippen LogP contribution in [0.1, 0.15) is 0 Å². The summed E-state index contributed by atoms with van der Waals surface area (Å²) in [7, 11) is 0. The van der Waals surface area contributed by atoms with Crippen LogP contribution in [0.2, 0.25) is 0 Å². The summed E-state index contributed by atoms with van der Waals surface area (Å²) in [4.78, 5) is 10.0. The fraction of sp³-hybridized carbons (Fsp3) is 0.875. The molecule has 5 unspecified atom stereocenters. The van der Waals surface area contributed by atoms with E-state index in [-0.39, 0.29) is 6.61 Å². The van der Waals surface area contributed by atoms with Crippen molar-refractivity contribution in [3.05, 3.63) is 0 Å². The van der Waals surface area contributed by atoms with Crippen molar-refractivity contribution in [1.82, 2.24) is 0 Å². The van der Waals surface area contributed by atoms with Crippen molar-refractivity contribution < 1.29 is 39.8 Å². The Morgan fingerprint density at radius 1 is 1.19 bits per heavy atom. The van der Waals surface area contributed by atoms with Gasteiger partial charge in [0.25, 0.3) is 0 Å². The molecule has 5 atom stereocenters. The molecule has 0 aromatic carbocycles. The first-order valence-corrected chi connectivity index (χ1v) is 4.58. The van der Waals surface area contributed by atoms with Crippen LogP contribution in [0, 0.1) is 0 Å². The lowest BCUT2D eigenvalue weighted by Gasteiger charge is -2.38. The molecule has 1 saturated heterocycles. The topological polar surface area (TPSA) is 140 Å². The van der Waals surface area contributed by atoms with E-state index < -0.39 is 43.3 Å². The smallest absolute Gasteiger partial charge is 0.184 e. The highest BCUT2D eigenvalue weighted by molar-refractivity contribution is 5.65. The number of carboxylic acids is 1. The number of ether oxygens (including phenoxy) is 2. The summed E-state index contributed by atoms with van der Waals surface area (Å²) in [6, 6.07) is 0. The largest absolute Gasteiger partial charge is 0.548 e. The number of hydrogen-bond donors (Lipinski definition) is 4. The molecule has 1 aliphatic rings. The van der Waals surface area contributed by atoms with Crippen molar-refractivity contribution in [3.8, 4) is 0 Å². The molecule has 0 amide bonds. The molecule has 1 aliphatic heterocycles. The monoisotopic (exact) mass is 237 g/mol. The fourth-order valence-electron chi connectivity index (χ4n) is 1.33. The van der Waals surface area contributed by atoms with Gasteiger partial charge in [0.15, 0.2) is 6.29 Å². The number of aliphatic hydroxyl groups excluding tert-OH is 4. The molecule has 0 aliphatic carbocycles. The van der Waals surface area contributed by atoms with Gasteiger partial charge in [-0.3, -0.25) is 0 Å². The van der Waals surface area contributed by atoms with Gasteiger partial charge in [-0.1, -0.05) is 0 Å². The van der Waals surface area contributed by atoms with Crippen LogP contribution in [0.15, 0.2) is 0 Å². The number of hydrogen-bond acceptors (Lipinski definition) is 8. The SMILES string of the molecule is O=C([O-])COCC1OC(O)C(O)C(O)C1O. The van der Waals surface area contributed by atoms with Gasteiger partial charge < -0.3 is 39.8 Å². The average Bonchev–Trinajstić information content (AvgIpc) is 2.22. The summed E-state index contributed by atoms with van der Waals surface area (Å²) in [6.45, 7) is -1.04. The minimum Gasteiger partial charge on any atom is -0.548 e. The summed E-state index contributed by atoms with van der Waals surface area (Å²) in [5, 5.41) is 46.9. The Morgan fingerprint density at radius 3 is 2.38 bits per heavy atom. The van der Waals surface area contributed by atoms with Crippen molar-refractivity contribution in [3.63, 3.8) is 0 Å². The van der Waals surface area contributed by atoms with Gasteiger partial charge in [-0.15, -0.1) is 0 Å². The highest BCUT2D eigenvalue weighted by Crippen LogP contribution is 2.19. The molecule has 1 rings (SSSR count). The van der Waals surface area contributed by atoms with E-state index in [9.17, 15) is 20.1 Å². The summed E-state index contributed by atoms with van der Waals surface area (Å²) >= 11 is 0. The maximum absolute atomic E-state index is 10.0. The van der Waals surface area contributed by atoms with E-state index in [4.69, 9.17) is 14.9 Å². The van der Waals surface area contributed by atoms with E-state index in [1.165, 1.54) is 0 Å². The lowest BCUT2D eigenvalue weighted by atomic mass is 9.99. The Kier molecular flexibility index (Phi) is 4.59. The number of aliphatic carboxylic acids is 1. The number of carbonyl (C=O) groups is 1. The molecule has 1 fully saturated rings. The van der Waals surface area contributed by atoms with Crippen LogP contribution in [0.4, 0.5) is 0 Å². The van der Waals surface area contributed by atoms with E-state index in [1.54, 1.807) is 0 Å². The van der Waals surface area contributed by atoms with Crippen LogP contribution in [0.25, 0.3) is 0 Å². The van der Waals surface area contributed by atoms with Crippen LogP contribution < -0.4 is 5.11 Å². The van der Waals surface area contributed by atoms with Gasteiger partial charge in [-0.2, -0.15) is 0 Å². The zero-order chi connectivity index (χ0) is 12.3. The highest BCUT2D eigenvalue weighted by atomic mass is 16.6. The average molecular weight is 237 g/mol. The van der Waals surface area contributed by atoms with Crippen LogP contribution in [0.5, 0.6) is 0 Å². The number of aliphatic hydroxyl groups is 4. The number of carboxylic acid groups (broad SMARTS) is 1. The fourth-order valence-corrected chi connectivity index (χ4v) is 1.33. The Labute approximate surface area is 90.6 Å². The molecule has 0 aromatic heterocycles. The minimum absolute atomic E-state index is 0.351. The van der Waals surface area contributed by atoms with E-state index >= 15 is 0 Å². The Bertz CT molecular complexity index is 244. The van der Waals surface area contributed by atoms with Crippen LogP contribution in [-0.4, -0.2) is 70.3 Å². The lowest BCUT2D eigenvalue weighted by Crippen LogP contribution is -2.58. The summed E-state index contributed by atoms with van der Waals surface area (Å²) in [5.41, 5.74) is 0. The molecular formula is C8H13O8-. The third kappa shape index (κ3) is 3.11. The third-order valence-electron chi connectivity index (χ3n) is 2.19. The molecule has 94 valence electrons. The minimum atomic E-state index is -1.66. The first-order valence-electron chi connectivity index (χ1n) is 4.58. The molecule has 1 heterocycles. The van der Waals surface area contributed by atoms with Crippen LogP contribution in [0.3, 0.4) is 0 Å². The molecule has 16 heavy (non-hydrogen) atoms. The van der Waals surface area contributed by atoms with Gasteiger partial charge >= 0.3 is 0 Å². The van der Waals surface area contributed by atoms with E-state index in [0.717, 1.165) is 0 Å². The normalized spacial score (nSPS) is 39.6. The zero-order valence-corrected chi connectivity index (χ0v) is 8.22. The number of carbonyl (C=O) groups excluding carboxylic acids is 1. The predicted octanol–water partition coefficient (Wildman–Crippen LogP) is -4.45. The number of rotatable bonds is 4. The van der Waals surface area contributed by atoms with Crippen molar-refractivity contribution >= 4 is 5.97 Å². The van der Waals surface area contributed by atoms with E-state index in [2.05, 4.69) is 4.74 Å². The lowest BCUT2D eigenvalue weighted by molar-refractivity contribution is -0.313. The van der Waals surface area contributed by atoms with Crippen molar-refractivity contribution in [2.45, 2.75) is 30.7 Å². The molecule has 0 spiro atoms. The molecule has 8 nitrogen and oxygen atoms in total. The van der Waals surface area contributed by atoms with Gasteiger partial charge in [0.2, 0.25) is 0 Å². The van der Waals surface area contributed by atoms with Gasteiger partial charge in [0, 0.05) is 0 Å². The predicted molar refractivity (Wildman–Crippen MR) is 44.7 cm³/mol. The van der Waals surface area contributed by atoms with Gasteiger partial charge in [0.1, 0.15) is 24.4 Å². The molecule has 4 N–H and O–H groups in total. The van der Waals surface area contributed by atoms with Crippen molar-refractivity contribution in [2.75, 3.05) is 13.2 Å². The second kappa shape index (κ2) is 5.53. The second-order valence-corrected chi connectivity index (χ2v) is 3.42. The maximum atomic E-state index is 10.0. The first-order chi connectivity index (χ1) is 7.43. The van der Waals surface area contributed by atoms with Crippen molar-refractivity contribution in [1.29, 1.82) is 0 Å². The molecule has 0 aromatic rings. The molecule has 0 radical (unpaired) electrons. The van der Waals surface area contributed by atoms with Gasteiger partial charge in [0.05, 0.1) is 19.2 Å². The zero-order valence-electron chi connectivity index (χ0n) is 8.22. The van der Waals surface area contributed by atoms with Gasteiger partial charge in [-0.25, -0.2) is 0 Å². The van der Waals surface area contributed by atoms with E-state index in [1.807, 2.05) is 0 Å². The quantitative estimate of drug-likeness (QED) is 0.384. The summed E-state index contributed by atoms with van der Waals surface area (Å²) < 4.78 is 9.31. The molecule has 8 heteroatoms. The van der Waals surface area contributed by atoms with Crippen LogP contribution >= 0.6 is 0 Å². The Morgan fingerprint density at radius 2 is 1.81 bits per heavy atom. The standard InChI is InChI=1S/C8H14O8/c9-4(10)2-15-1-3-5(11)6(12)7(13)8(14)16-3/h3,5-8,11-14H,1-2H2,(H,9,10)/p-1. The third-order valence-corrected chi connectivity index (χ3v) is 2.19. The molecular weight excluding hydrogens is 224 g/mol. The van der Waals surface area contributed by atoms with E-state index in [0.29, 0.717) is 0 Å². The maximum Gasteiger partial charge on any atom is 0.184 e. The summed E-state index contributed by atoms with van der Waals surface area (Å²) in [6.07, 6.45) is -7.45. The Balaban J connectivity index is 2.44. The first kappa shape index (κ1) is 13.3. The van der Waals surface area contributed by atoms with Gasteiger partial charge in [-0.05, 0) is 0 Å². The molecule has 0 saturated carbocycles. The molecule has 0 bridgehead atoms. The van der Waals surface area contributed by atoms with Crippen molar-refractivity contribution in [2.24, 2.45) is 0 Å².